The zero-order valence-electron chi connectivity index (χ0n) is 17.6. The number of nitrogens with zero attached hydrogens (tertiary/aromatic N) is 1. The molecular weight excluding hydrogens is 443 g/mol. The lowest BCUT2D eigenvalue weighted by Gasteiger charge is -2.28. The molecule has 3 aromatic carbocycles. The van der Waals surface area contributed by atoms with Gasteiger partial charge in [-0.1, -0.05) is 42.5 Å². The van der Waals surface area contributed by atoms with E-state index >= 15 is 0 Å². The van der Waals surface area contributed by atoms with E-state index in [9.17, 15) is 14.0 Å². The molecule has 1 aliphatic heterocycles. The number of benzene rings is 3. The Kier molecular flexibility index (Phi) is 6.46. The van der Waals surface area contributed by atoms with Crippen LogP contribution in [0.5, 0.6) is 11.5 Å². The van der Waals surface area contributed by atoms with E-state index in [-0.39, 0.29) is 23.1 Å². The van der Waals surface area contributed by atoms with Gasteiger partial charge in [0, 0.05) is 5.56 Å². The fraction of sp³-hybridized carbons (Fsp3) is 0.0800. The van der Waals surface area contributed by atoms with E-state index < -0.39 is 11.8 Å². The summed E-state index contributed by atoms with van der Waals surface area (Å²) >= 11 is 5.20. The third-order valence-corrected chi connectivity index (χ3v) is 5.24. The fourth-order valence-electron chi connectivity index (χ4n) is 3.30. The van der Waals surface area contributed by atoms with Crippen molar-refractivity contribution in [2.45, 2.75) is 6.61 Å². The lowest BCUT2D eigenvalue weighted by atomic mass is 10.1. The predicted octanol–water partition coefficient (Wildman–Crippen LogP) is 4.24. The van der Waals surface area contributed by atoms with Crippen LogP contribution in [-0.4, -0.2) is 24.0 Å². The number of amides is 2. The number of hydrogen-bond acceptors (Lipinski definition) is 5. The lowest BCUT2D eigenvalue weighted by Crippen LogP contribution is -2.54. The molecule has 0 atom stereocenters. The van der Waals surface area contributed by atoms with Crippen molar-refractivity contribution in [2.75, 3.05) is 12.0 Å². The van der Waals surface area contributed by atoms with Crippen molar-refractivity contribution in [2.24, 2.45) is 0 Å². The van der Waals surface area contributed by atoms with Crippen LogP contribution in [0.3, 0.4) is 0 Å². The van der Waals surface area contributed by atoms with Crippen LogP contribution < -0.4 is 19.7 Å². The minimum Gasteiger partial charge on any atom is -0.493 e. The number of carbonyl (C=O) groups excluding carboxylic acids is 2. The molecule has 166 valence electrons. The Morgan fingerprint density at radius 2 is 1.73 bits per heavy atom. The van der Waals surface area contributed by atoms with Crippen LogP contribution in [0.25, 0.3) is 6.08 Å². The molecule has 1 fully saturated rings. The van der Waals surface area contributed by atoms with Gasteiger partial charge in [-0.15, -0.1) is 0 Å². The van der Waals surface area contributed by atoms with E-state index in [0.717, 1.165) is 0 Å². The Balaban J connectivity index is 1.60. The average Bonchev–Trinajstić information content (AvgIpc) is 2.82. The number of nitrogens with one attached hydrogen (secondary N) is 1. The summed E-state index contributed by atoms with van der Waals surface area (Å²) in [6, 6.07) is 20.1. The lowest BCUT2D eigenvalue weighted by molar-refractivity contribution is -0.122. The number of ether oxygens (including phenoxy) is 2. The first-order chi connectivity index (χ1) is 16.0. The molecule has 2 amide bonds. The minimum atomic E-state index is -0.587. The number of anilines is 1. The van der Waals surface area contributed by atoms with Gasteiger partial charge in [0.1, 0.15) is 18.0 Å². The van der Waals surface area contributed by atoms with Crippen molar-refractivity contribution in [3.8, 4) is 11.5 Å². The van der Waals surface area contributed by atoms with E-state index in [1.807, 2.05) is 6.07 Å². The van der Waals surface area contributed by atoms with Crippen LogP contribution in [0.4, 0.5) is 10.1 Å². The molecule has 4 rings (SSSR count). The number of hydrogen-bond donors (Lipinski definition) is 1. The number of para-hydroxylation sites is 1. The van der Waals surface area contributed by atoms with Gasteiger partial charge in [-0.05, 0) is 54.2 Å². The molecule has 33 heavy (non-hydrogen) atoms. The summed E-state index contributed by atoms with van der Waals surface area (Å²) in [5, 5.41) is 2.57. The molecule has 3 aromatic rings. The molecule has 0 bridgehead atoms. The number of methoxy groups -OCH3 is 1. The highest BCUT2D eigenvalue weighted by atomic mass is 32.1. The Hall–Kier alpha value is -4.04. The molecule has 1 heterocycles. The predicted molar refractivity (Wildman–Crippen MR) is 126 cm³/mol. The summed E-state index contributed by atoms with van der Waals surface area (Å²) in [4.78, 5) is 26.9. The zero-order chi connectivity index (χ0) is 23.4. The van der Waals surface area contributed by atoms with Gasteiger partial charge in [-0.2, -0.15) is 0 Å². The van der Waals surface area contributed by atoms with Crippen molar-refractivity contribution in [1.82, 2.24) is 5.32 Å². The fourth-order valence-corrected chi connectivity index (χ4v) is 3.58. The SMILES string of the molecule is COc1cc(/C=C2\C(=O)NC(=S)N(c3ccccc3)C2=O)ccc1OCc1ccccc1F. The first-order valence-corrected chi connectivity index (χ1v) is 10.4. The Bertz CT molecular complexity index is 1260. The number of carbonyl (C=O) groups is 2. The standard InChI is InChI=1S/C25H19FN2O4S/c1-31-22-14-16(11-12-21(22)32-15-17-7-5-6-10-20(17)26)13-19-23(29)27-25(33)28(24(19)30)18-8-3-2-4-9-18/h2-14H,15H2,1H3,(H,27,29,33)/b19-13+. The second-order valence-corrected chi connectivity index (χ2v) is 7.47. The maximum atomic E-state index is 13.9. The van der Waals surface area contributed by atoms with Gasteiger partial charge in [0.25, 0.3) is 11.8 Å². The minimum absolute atomic E-state index is 0.0165. The first kappa shape index (κ1) is 22.2. The molecule has 0 aliphatic carbocycles. The van der Waals surface area contributed by atoms with Gasteiger partial charge in [0.05, 0.1) is 12.8 Å². The van der Waals surface area contributed by atoms with Gasteiger partial charge in [0.2, 0.25) is 0 Å². The second-order valence-electron chi connectivity index (χ2n) is 7.08. The van der Waals surface area contributed by atoms with Crippen molar-refractivity contribution < 1.29 is 23.5 Å². The number of halogens is 1. The monoisotopic (exact) mass is 462 g/mol. The van der Waals surface area contributed by atoms with Gasteiger partial charge in [0.15, 0.2) is 16.6 Å². The molecule has 0 unspecified atom stereocenters. The molecule has 0 spiro atoms. The van der Waals surface area contributed by atoms with Crippen molar-refractivity contribution >= 4 is 40.9 Å². The second kappa shape index (κ2) is 9.62. The highest BCUT2D eigenvalue weighted by Crippen LogP contribution is 2.30. The summed E-state index contributed by atoms with van der Waals surface area (Å²) < 4.78 is 25.0. The Labute approximate surface area is 195 Å². The zero-order valence-corrected chi connectivity index (χ0v) is 18.4. The molecular formula is C25H19FN2O4S. The smallest absolute Gasteiger partial charge is 0.270 e. The molecule has 0 radical (unpaired) electrons. The highest BCUT2D eigenvalue weighted by molar-refractivity contribution is 7.80. The van der Waals surface area contributed by atoms with Crippen molar-refractivity contribution in [1.29, 1.82) is 0 Å². The van der Waals surface area contributed by atoms with Gasteiger partial charge >= 0.3 is 0 Å². The quantitative estimate of drug-likeness (QED) is 0.337. The third kappa shape index (κ3) is 4.75. The van der Waals surface area contributed by atoms with Crippen molar-refractivity contribution in [3.63, 3.8) is 0 Å². The van der Waals surface area contributed by atoms with Crippen LogP contribution in [0.1, 0.15) is 11.1 Å². The molecule has 0 aromatic heterocycles. The van der Waals surface area contributed by atoms with Crippen LogP contribution in [0, 0.1) is 5.82 Å². The Morgan fingerprint density at radius 1 is 1.00 bits per heavy atom. The molecule has 8 heteroatoms. The maximum Gasteiger partial charge on any atom is 0.270 e. The summed E-state index contributed by atoms with van der Waals surface area (Å²) in [5.74, 6) is -0.709. The summed E-state index contributed by atoms with van der Waals surface area (Å²) in [6.07, 6.45) is 1.46. The number of thiocarbonyl (C=S) groups is 1. The Morgan fingerprint density at radius 3 is 2.45 bits per heavy atom. The normalized spacial score (nSPS) is 14.9. The van der Waals surface area contributed by atoms with Crippen LogP contribution in [0.2, 0.25) is 0 Å². The first-order valence-electron chi connectivity index (χ1n) is 9.98. The van der Waals surface area contributed by atoms with Gasteiger partial charge in [-0.25, -0.2) is 4.39 Å². The summed E-state index contributed by atoms with van der Waals surface area (Å²) in [6.45, 7) is 0.0217. The van der Waals surface area contributed by atoms with Gasteiger partial charge < -0.3 is 9.47 Å². The molecule has 1 N–H and O–H groups in total. The molecule has 1 saturated heterocycles. The number of rotatable bonds is 6. The summed E-state index contributed by atoms with van der Waals surface area (Å²) in [7, 11) is 1.47. The van der Waals surface area contributed by atoms with Crippen LogP contribution >= 0.6 is 12.2 Å². The van der Waals surface area contributed by atoms with Crippen LogP contribution in [-0.2, 0) is 16.2 Å². The highest BCUT2D eigenvalue weighted by Gasteiger charge is 2.34. The average molecular weight is 463 g/mol. The molecule has 0 saturated carbocycles. The van der Waals surface area contributed by atoms with Crippen LogP contribution in [0.15, 0.2) is 78.4 Å². The van der Waals surface area contributed by atoms with Gasteiger partial charge in [-0.3, -0.25) is 19.8 Å². The summed E-state index contributed by atoms with van der Waals surface area (Å²) in [5.41, 5.74) is 1.43. The maximum absolute atomic E-state index is 13.9. The van der Waals surface area contributed by atoms with E-state index in [4.69, 9.17) is 21.7 Å². The van der Waals surface area contributed by atoms with E-state index in [1.54, 1.807) is 60.7 Å². The van der Waals surface area contributed by atoms with E-state index in [1.165, 1.54) is 24.2 Å². The van der Waals surface area contributed by atoms with E-state index in [2.05, 4.69) is 5.32 Å². The molecule has 1 aliphatic rings. The third-order valence-electron chi connectivity index (χ3n) is 4.96. The largest absolute Gasteiger partial charge is 0.493 e. The van der Waals surface area contributed by atoms with E-state index in [0.29, 0.717) is 28.3 Å². The van der Waals surface area contributed by atoms with Crippen molar-refractivity contribution in [3.05, 3.63) is 95.3 Å². The molecule has 6 nitrogen and oxygen atoms in total. The topological polar surface area (TPSA) is 67.9 Å².